The van der Waals surface area contributed by atoms with Gasteiger partial charge in [0.1, 0.15) is 18.6 Å². The van der Waals surface area contributed by atoms with E-state index >= 15 is 0 Å². The van der Waals surface area contributed by atoms with Crippen LogP contribution in [0.5, 0.6) is 0 Å². The Morgan fingerprint density at radius 2 is 1.97 bits per heavy atom. The number of carbonyl (C=O) groups excluding carboxylic acids is 1. The lowest BCUT2D eigenvalue weighted by molar-refractivity contribution is 0.0547. The largest absolute Gasteiger partial charge is 0.444 e. The fraction of sp³-hybridized carbons (Fsp3) is 0.435. The van der Waals surface area contributed by atoms with Crippen LogP contribution in [-0.4, -0.2) is 74.7 Å². The normalized spacial score (nSPS) is 18.8. The number of ether oxygens (including phenoxy) is 1. The maximum absolute atomic E-state index is 12.9. The Labute approximate surface area is 206 Å². The van der Waals surface area contributed by atoms with Crippen LogP contribution in [-0.2, 0) is 17.8 Å². The molecule has 6 rings (SSSR count). The molecule has 2 saturated heterocycles. The third-order valence-electron chi connectivity index (χ3n) is 6.73. The minimum atomic E-state index is -0.820. The number of nitrogens with zero attached hydrogens (tertiary/aromatic N) is 8. The molecule has 1 aromatic carbocycles. The van der Waals surface area contributed by atoms with Crippen molar-refractivity contribution in [3.05, 3.63) is 53.2 Å². The van der Waals surface area contributed by atoms with E-state index in [4.69, 9.17) is 16.3 Å². The molecule has 5 heterocycles. The fourth-order valence-corrected chi connectivity index (χ4v) is 5.28. The van der Waals surface area contributed by atoms with Crippen molar-refractivity contribution < 1.29 is 13.9 Å². The highest BCUT2D eigenvalue weighted by Gasteiger charge is 2.53. The molecule has 1 atom stereocenters. The van der Waals surface area contributed by atoms with Gasteiger partial charge in [0, 0.05) is 49.0 Å². The van der Waals surface area contributed by atoms with E-state index in [1.54, 1.807) is 18.6 Å². The first kappa shape index (κ1) is 22.0. The van der Waals surface area contributed by atoms with Crippen LogP contribution >= 0.6 is 11.6 Å². The van der Waals surface area contributed by atoms with Crippen LogP contribution in [0.2, 0.25) is 5.02 Å². The van der Waals surface area contributed by atoms with Gasteiger partial charge in [0.25, 0.3) is 0 Å². The molecule has 2 fully saturated rings. The Bertz CT molecular complexity index is 1260. The molecule has 0 N–H and O–H groups in total. The van der Waals surface area contributed by atoms with E-state index in [0.29, 0.717) is 10.8 Å². The maximum Gasteiger partial charge on any atom is 0.410 e. The number of hydrogen-bond acceptors (Lipinski definition) is 8. The molecule has 1 spiro atoms. The van der Waals surface area contributed by atoms with E-state index in [1.165, 1.54) is 11.8 Å². The number of anilines is 2. The summed E-state index contributed by atoms with van der Waals surface area (Å²) in [6.45, 7) is 4.78. The summed E-state index contributed by atoms with van der Waals surface area (Å²) in [5, 5.41) is 9.46. The molecule has 1 amide bonds. The first-order chi connectivity index (χ1) is 16.9. The molecule has 0 unspecified atom stereocenters. The molecule has 3 aromatic rings. The first-order valence-corrected chi connectivity index (χ1v) is 11.8. The molecular weight excluding hydrogens is 475 g/mol. The molecule has 0 saturated carbocycles. The standard InChI is InChI=1S/C23H24ClFN8O2/c1-15(7-25)35-22(34)30-9-16-6-17(24)2-3-18(16)33-20(10-30)28-29-21(33)32-13-23(14-32)11-31(12-23)19-8-26-4-5-27-19/h2-6,8,15H,7,9-14H2,1H3/t15-/m1/s1. The Balaban J connectivity index is 1.24. The zero-order valence-electron chi connectivity index (χ0n) is 19.1. The molecule has 10 nitrogen and oxygen atoms in total. The van der Waals surface area contributed by atoms with Crippen LogP contribution < -0.4 is 9.80 Å². The predicted molar refractivity (Wildman–Crippen MR) is 126 cm³/mol. The molecule has 3 aliphatic heterocycles. The van der Waals surface area contributed by atoms with E-state index in [-0.39, 0.29) is 18.5 Å². The van der Waals surface area contributed by atoms with Crippen molar-refractivity contribution >= 4 is 29.5 Å². The number of benzene rings is 1. The van der Waals surface area contributed by atoms with Gasteiger partial charge in [0.2, 0.25) is 5.95 Å². The van der Waals surface area contributed by atoms with Gasteiger partial charge in [-0.05, 0) is 30.7 Å². The minimum absolute atomic E-state index is 0.190. The summed E-state index contributed by atoms with van der Waals surface area (Å²) < 4.78 is 20.1. The Hall–Kier alpha value is -3.47. The molecular formula is C23H24ClFN8O2. The van der Waals surface area contributed by atoms with Crippen LogP contribution in [0.4, 0.5) is 21.0 Å². The molecule has 0 aliphatic carbocycles. The summed E-state index contributed by atoms with van der Waals surface area (Å²) in [7, 11) is 0. The van der Waals surface area contributed by atoms with E-state index < -0.39 is 18.9 Å². The van der Waals surface area contributed by atoms with Crippen molar-refractivity contribution in [1.82, 2.24) is 29.6 Å². The van der Waals surface area contributed by atoms with Crippen molar-refractivity contribution in [3.8, 4) is 5.69 Å². The Morgan fingerprint density at radius 1 is 1.17 bits per heavy atom. The van der Waals surface area contributed by atoms with Crippen LogP contribution in [0, 0.1) is 5.41 Å². The summed E-state index contributed by atoms with van der Waals surface area (Å²) in [5.41, 5.74) is 1.90. The number of aromatic nitrogens is 5. The second kappa shape index (κ2) is 8.33. The van der Waals surface area contributed by atoms with Gasteiger partial charge >= 0.3 is 6.09 Å². The SMILES string of the molecule is C[C@H](CF)OC(=O)N1Cc2cc(Cl)ccc2-n2c(nnc2N2CC3(CN(c4cnccn4)C3)C2)C1. The summed E-state index contributed by atoms with van der Waals surface area (Å²) >= 11 is 6.28. The molecule has 182 valence electrons. The monoisotopic (exact) mass is 498 g/mol. The highest BCUT2D eigenvalue weighted by atomic mass is 35.5. The number of amides is 1. The quantitative estimate of drug-likeness (QED) is 0.542. The number of rotatable bonds is 4. The van der Waals surface area contributed by atoms with Crippen LogP contribution in [0.1, 0.15) is 18.3 Å². The number of fused-ring (bicyclic) bond motifs is 3. The topological polar surface area (TPSA) is 92.5 Å². The van der Waals surface area contributed by atoms with Crippen molar-refractivity contribution in [2.45, 2.75) is 26.1 Å². The lowest BCUT2D eigenvalue weighted by atomic mass is 9.73. The highest BCUT2D eigenvalue weighted by molar-refractivity contribution is 6.30. The third-order valence-corrected chi connectivity index (χ3v) is 6.96. The predicted octanol–water partition coefficient (Wildman–Crippen LogP) is 2.85. The highest BCUT2D eigenvalue weighted by Crippen LogP contribution is 2.43. The second-order valence-electron chi connectivity index (χ2n) is 9.51. The van der Waals surface area contributed by atoms with Crippen molar-refractivity contribution in [1.29, 1.82) is 0 Å². The van der Waals surface area contributed by atoms with Crippen molar-refractivity contribution in [2.24, 2.45) is 5.41 Å². The summed E-state index contributed by atoms with van der Waals surface area (Å²) in [4.78, 5) is 27.2. The van der Waals surface area contributed by atoms with E-state index in [9.17, 15) is 9.18 Å². The van der Waals surface area contributed by atoms with Gasteiger partial charge in [-0.2, -0.15) is 0 Å². The lowest BCUT2D eigenvalue weighted by Crippen LogP contribution is -2.73. The average molecular weight is 499 g/mol. The Kier molecular flexibility index (Phi) is 5.24. The van der Waals surface area contributed by atoms with Gasteiger partial charge in [-0.25, -0.2) is 14.2 Å². The van der Waals surface area contributed by atoms with Crippen LogP contribution in [0.3, 0.4) is 0 Å². The van der Waals surface area contributed by atoms with E-state index in [1.807, 2.05) is 22.8 Å². The average Bonchev–Trinajstić information content (AvgIpc) is 3.12. The fourth-order valence-electron chi connectivity index (χ4n) is 5.08. The van der Waals surface area contributed by atoms with Crippen LogP contribution in [0.15, 0.2) is 36.8 Å². The molecule has 2 aromatic heterocycles. The molecule has 3 aliphatic rings. The van der Waals surface area contributed by atoms with Gasteiger partial charge in [-0.3, -0.25) is 14.5 Å². The lowest BCUT2D eigenvalue weighted by Gasteiger charge is -2.60. The molecule has 35 heavy (non-hydrogen) atoms. The third kappa shape index (κ3) is 3.83. The molecule has 12 heteroatoms. The van der Waals surface area contributed by atoms with E-state index in [0.717, 1.165) is 49.2 Å². The number of alkyl halides is 1. The number of carbonyl (C=O) groups is 1. The summed E-state index contributed by atoms with van der Waals surface area (Å²) in [6, 6.07) is 5.56. The van der Waals surface area contributed by atoms with Crippen LogP contribution in [0.25, 0.3) is 5.69 Å². The summed E-state index contributed by atoms with van der Waals surface area (Å²) in [6.07, 6.45) is 3.75. The van der Waals surface area contributed by atoms with Gasteiger partial charge in [-0.1, -0.05) is 11.6 Å². The first-order valence-electron chi connectivity index (χ1n) is 11.5. The van der Waals surface area contributed by atoms with Crippen molar-refractivity contribution in [2.75, 3.05) is 42.7 Å². The molecule has 0 bridgehead atoms. The van der Waals surface area contributed by atoms with Gasteiger partial charge in [0.05, 0.1) is 25.0 Å². The number of hydrogen-bond donors (Lipinski definition) is 0. The van der Waals surface area contributed by atoms with Gasteiger partial charge in [-0.15, -0.1) is 10.2 Å². The van der Waals surface area contributed by atoms with Gasteiger partial charge in [0.15, 0.2) is 5.82 Å². The summed E-state index contributed by atoms with van der Waals surface area (Å²) in [5.74, 6) is 2.24. The number of halogens is 2. The zero-order chi connectivity index (χ0) is 24.2. The molecule has 0 radical (unpaired) electrons. The smallest absolute Gasteiger partial charge is 0.410 e. The van der Waals surface area contributed by atoms with E-state index in [2.05, 4.69) is 30.0 Å². The maximum atomic E-state index is 12.9. The zero-order valence-corrected chi connectivity index (χ0v) is 19.9. The minimum Gasteiger partial charge on any atom is -0.444 e. The van der Waals surface area contributed by atoms with Crippen molar-refractivity contribution in [3.63, 3.8) is 0 Å². The Morgan fingerprint density at radius 3 is 2.71 bits per heavy atom. The van der Waals surface area contributed by atoms with Gasteiger partial charge < -0.3 is 14.5 Å². The second-order valence-corrected chi connectivity index (χ2v) is 9.94.